The minimum atomic E-state index is -0.493. The molecule has 1 aromatic carbocycles. The number of benzene rings is 1. The molecule has 18 heavy (non-hydrogen) atoms. The number of primary amides is 1. The third-order valence-electron chi connectivity index (χ3n) is 2.61. The summed E-state index contributed by atoms with van der Waals surface area (Å²) in [6.45, 7) is 2.02. The van der Waals surface area contributed by atoms with E-state index in [-0.39, 0.29) is 13.0 Å². The predicted octanol–water partition coefficient (Wildman–Crippen LogP) is 1.37. The van der Waals surface area contributed by atoms with Gasteiger partial charge in [-0.3, -0.25) is 4.79 Å². The van der Waals surface area contributed by atoms with Crippen molar-refractivity contribution in [1.82, 2.24) is 4.98 Å². The van der Waals surface area contributed by atoms with Crippen molar-refractivity contribution in [2.75, 3.05) is 6.61 Å². The van der Waals surface area contributed by atoms with Gasteiger partial charge in [-0.15, -0.1) is 0 Å². The summed E-state index contributed by atoms with van der Waals surface area (Å²) < 4.78 is 5.01. The topological polar surface area (TPSA) is 85.2 Å². The maximum Gasteiger partial charge on any atom is 0.340 e. The Morgan fingerprint density at radius 1 is 1.33 bits per heavy atom. The smallest absolute Gasteiger partial charge is 0.340 e. The summed E-state index contributed by atoms with van der Waals surface area (Å²) in [5.74, 6) is -0.932. The van der Waals surface area contributed by atoms with Crippen LogP contribution in [0.2, 0.25) is 0 Å². The van der Waals surface area contributed by atoms with Gasteiger partial charge in [0.05, 0.1) is 18.6 Å². The summed E-state index contributed by atoms with van der Waals surface area (Å²) in [5.41, 5.74) is 6.86. The van der Waals surface area contributed by atoms with E-state index in [1.165, 1.54) is 0 Å². The maximum absolute atomic E-state index is 11.9. The minimum Gasteiger partial charge on any atom is -0.462 e. The highest BCUT2D eigenvalue weighted by molar-refractivity contribution is 6.06. The van der Waals surface area contributed by atoms with Gasteiger partial charge in [0.2, 0.25) is 5.91 Å². The summed E-state index contributed by atoms with van der Waals surface area (Å²) in [7, 11) is 0. The Balaban J connectivity index is 2.57. The van der Waals surface area contributed by atoms with Crippen molar-refractivity contribution in [2.45, 2.75) is 13.3 Å². The summed E-state index contributed by atoms with van der Waals surface area (Å²) in [6.07, 6.45) is -0.0111. The molecular formula is C13H14N2O3. The van der Waals surface area contributed by atoms with Crippen molar-refractivity contribution in [3.05, 3.63) is 35.5 Å². The highest BCUT2D eigenvalue weighted by atomic mass is 16.5. The predicted molar refractivity (Wildman–Crippen MR) is 67.2 cm³/mol. The van der Waals surface area contributed by atoms with E-state index in [1.54, 1.807) is 6.92 Å². The molecule has 0 aliphatic rings. The third kappa shape index (κ3) is 2.20. The molecule has 2 aromatic rings. The van der Waals surface area contributed by atoms with Crippen molar-refractivity contribution in [2.24, 2.45) is 5.73 Å². The zero-order valence-corrected chi connectivity index (χ0v) is 10.0. The van der Waals surface area contributed by atoms with E-state index in [9.17, 15) is 9.59 Å². The van der Waals surface area contributed by atoms with Crippen LogP contribution in [0, 0.1) is 0 Å². The van der Waals surface area contributed by atoms with Crippen molar-refractivity contribution in [3.63, 3.8) is 0 Å². The number of nitrogens with two attached hydrogens (primary N) is 1. The summed E-state index contributed by atoms with van der Waals surface area (Å²) in [5, 5.41) is 0.743. The number of carbonyl (C=O) groups is 2. The zero-order chi connectivity index (χ0) is 13.1. The van der Waals surface area contributed by atoms with Gasteiger partial charge in [-0.1, -0.05) is 18.2 Å². The van der Waals surface area contributed by atoms with Crippen LogP contribution in [0.5, 0.6) is 0 Å². The van der Waals surface area contributed by atoms with Crippen molar-refractivity contribution < 1.29 is 14.3 Å². The third-order valence-corrected chi connectivity index (χ3v) is 2.61. The number of H-pyrrole nitrogens is 1. The van der Waals surface area contributed by atoms with Crippen LogP contribution in [-0.4, -0.2) is 23.5 Å². The Kier molecular flexibility index (Phi) is 3.32. The first-order chi connectivity index (χ1) is 8.63. The van der Waals surface area contributed by atoms with Gasteiger partial charge in [-0.25, -0.2) is 4.79 Å². The van der Waals surface area contributed by atoms with Crippen LogP contribution in [0.4, 0.5) is 0 Å². The second-order valence-electron chi connectivity index (χ2n) is 3.89. The van der Waals surface area contributed by atoms with Gasteiger partial charge in [-0.05, 0) is 13.0 Å². The number of ether oxygens (including phenoxy) is 1. The Morgan fingerprint density at radius 3 is 2.72 bits per heavy atom. The SMILES string of the molecule is CCOC(=O)c1c(CC(N)=O)[nH]c2ccccc12. The first-order valence-corrected chi connectivity index (χ1v) is 5.68. The number of para-hydroxylation sites is 1. The molecule has 0 unspecified atom stereocenters. The molecule has 0 spiro atoms. The molecule has 5 heteroatoms. The molecule has 1 aromatic heterocycles. The average Bonchev–Trinajstić information content (AvgIpc) is 2.66. The van der Waals surface area contributed by atoms with E-state index >= 15 is 0 Å². The number of fused-ring (bicyclic) bond motifs is 1. The van der Waals surface area contributed by atoms with Crippen molar-refractivity contribution in [1.29, 1.82) is 0 Å². The van der Waals surface area contributed by atoms with Gasteiger partial charge in [0.25, 0.3) is 0 Å². The first-order valence-electron chi connectivity index (χ1n) is 5.68. The van der Waals surface area contributed by atoms with Crippen LogP contribution in [0.15, 0.2) is 24.3 Å². The molecule has 0 radical (unpaired) electrons. The summed E-state index contributed by atoms with van der Waals surface area (Å²) in [6, 6.07) is 7.32. The van der Waals surface area contributed by atoms with Crippen LogP contribution in [0.3, 0.4) is 0 Å². The molecule has 0 aliphatic heterocycles. The van der Waals surface area contributed by atoms with E-state index in [4.69, 9.17) is 10.5 Å². The van der Waals surface area contributed by atoms with Crippen LogP contribution in [0.1, 0.15) is 23.0 Å². The second kappa shape index (κ2) is 4.91. The average molecular weight is 246 g/mol. The van der Waals surface area contributed by atoms with E-state index in [2.05, 4.69) is 4.98 Å². The standard InChI is InChI=1S/C13H14N2O3/c1-2-18-13(17)12-8-5-3-4-6-9(8)15-10(12)7-11(14)16/h3-6,15H,2,7H2,1H3,(H2,14,16). The lowest BCUT2D eigenvalue weighted by molar-refractivity contribution is -0.117. The molecule has 1 heterocycles. The van der Waals surface area contributed by atoms with Crippen molar-refractivity contribution in [3.8, 4) is 0 Å². The highest BCUT2D eigenvalue weighted by Gasteiger charge is 2.20. The highest BCUT2D eigenvalue weighted by Crippen LogP contribution is 2.23. The number of hydrogen-bond donors (Lipinski definition) is 2. The van der Waals surface area contributed by atoms with Gasteiger partial charge in [0.1, 0.15) is 0 Å². The monoisotopic (exact) mass is 246 g/mol. The Morgan fingerprint density at radius 2 is 2.06 bits per heavy atom. The molecule has 0 fully saturated rings. The minimum absolute atomic E-state index is 0.0111. The normalized spacial score (nSPS) is 10.5. The Hall–Kier alpha value is -2.30. The molecule has 0 atom stereocenters. The Labute approximate surface area is 104 Å². The van der Waals surface area contributed by atoms with E-state index in [0.717, 1.165) is 10.9 Å². The molecular weight excluding hydrogens is 232 g/mol. The number of esters is 1. The fourth-order valence-corrected chi connectivity index (χ4v) is 1.94. The van der Waals surface area contributed by atoms with Crippen LogP contribution < -0.4 is 5.73 Å². The summed E-state index contributed by atoms with van der Waals surface area (Å²) >= 11 is 0. The van der Waals surface area contributed by atoms with Crippen molar-refractivity contribution >= 4 is 22.8 Å². The van der Waals surface area contributed by atoms with Crippen LogP contribution >= 0.6 is 0 Å². The second-order valence-corrected chi connectivity index (χ2v) is 3.89. The first kappa shape index (κ1) is 12.2. The molecule has 3 N–H and O–H groups in total. The zero-order valence-electron chi connectivity index (χ0n) is 10.0. The van der Waals surface area contributed by atoms with Gasteiger partial charge >= 0.3 is 5.97 Å². The lowest BCUT2D eigenvalue weighted by Crippen LogP contribution is -2.16. The van der Waals surface area contributed by atoms with Crippen LogP contribution in [-0.2, 0) is 16.0 Å². The molecule has 0 saturated heterocycles. The molecule has 94 valence electrons. The number of aromatic nitrogens is 1. The summed E-state index contributed by atoms with van der Waals surface area (Å²) in [4.78, 5) is 26.0. The number of hydrogen-bond acceptors (Lipinski definition) is 3. The number of carbonyl (C=O) groups excluding carboxylic acids is 2. The fraction of sp³-hybridized carbons (Fsp3) is 0.231. The Bertz CT molecular complexity index is 601. The van der Waals surface area contributed by atoms with E-state index in [1.807, 2.05) is 24.3 Å². The van der Waals surface area contributed by atoms with Gasteiger partial charge < -0.3 is 15.5 Å². The molecule has 0 saturated carbocycles. The van der Waals surface area contributed by atoms with Gasteiger partial charge in [-0.2, -0.15) is 0 Å². The quantitative estimate of drug-likeness (QED) is 0.799. The van der Waals surface area contributed by atoms with Gasteiger partial charge in [0.15, 0.2) is 0 Å². The molecule has 2 rings (SSSR count). The molecule has 5 nitrogen and oxygen atoms in total. The van der Waals surface area contributed by atoms with E-state index < -0.39 is 11.9 Å². The number of rotatable bonds is 4. The largest absolute Gasteiger partial charge is 0.462 e. The molecule has 1 amide bonds. The fourth-order valence-electron chi connectivity index (χ4n) is 1.94. The maximum atomic E-state index is 11.9. The van der Waals surface area contributed by atoms with Crippen LogP contribution in [0.25, 0.3) is 10.9 Å². The van der Waals surface area contributed by atoms with E-state index in [0.29, 0.717) is 11.3 Å². The lowest BCUT2D eigenvalue weighted by atomic mass is 10.1. The molecule has 0 bridgehead atoms. The lowest BCUT2D eigenvalue weighted by Gasteiger charge is -2.03. The molecule has 0 aliphatic carbocycles. The van der Waals surface area contributed by atoms with Gasteiger partial charge in [0, 0.05) is 16.6 Å². The number of nitrogens with one attached hydrogen (secondary N) is 1. The number of amides is 1. The number of aromatic amines is 1.